The summed E-state index contributed by atoms with van der Waals surface area (Å²) < 4.78 is 2.42. The molecule has 2 heterocycles. The van der Waals surface area contributed by atoms with Crippen molar-refractivity contribution in [3.63, 3.8) is 0 Å². The van der Waals surface area contributed by atoms with E-state index in [4.69, 9.17) is 0 Å². The molecule has 132 valence electrons. The Morgan fingerprint density at radius 3 is 2.27 bits per heavy atom. The van der Waals surface area contributed by atoms with Crippen molar-refractivity contribution in [2.24, 2.45) is 0 Å². The molecule has 3 nitrogen and oxygen atoms in total. The minimum Gasteiger partial charge on any atom is -0.481 e. The molecule has 0 radical (unpaired) electrons. The maximum absolute atomic E-state index is 11.4. The predicted octanol–water partition coefficient (Wildman–Crippen LogP) is 5.35. The number of nitrogens with zero attached hydrogens (tertiary/aromatic N) is 1. The number of aromatic nitrogens is 1. The van der Waals surface area contributed by atoms with Gasteiger partial charge < -0.3 is 9.67 Å². The van der Waals surface area contributed by atoms with Crippen molar-refractivity contribution >= 4 is 5.97 Å². The van der Waals surface area contributed by atoms with Crippen LogP contribution in [-0.2, 0) is 17.8 Å². The summed E-state index contributed by atoms with van der Waals surface area (Å²) in [6.07, 6.45) is 2.30. The highest BCUT2D eigenvalue weighted by atomic mass is 16.4. The van der Waals surface area contributed by atoms with Crippen LogP contribution in [0.1, 0.15) is 36.9 Å². The Kier molecular flexibility index (Phi) is 4.37. The minimum atomic E-state index is -0.740. The molecule has 0 saturated carbocycles. The zero-order valence-electron chi connectivity index (χ0n) is 15.0. The van der Waals surface area contributed by atoms with E-state index in [1.54, 1.807) is 0 Å². The normalized spacial score (nSPS) is 14.2. The van der Waals surface area contributed by atoms with Crippen LogP contribution in [-0.4, -0.2) is 15.6 Å². The Morgan fingerprint density at radius 1 is 1.04 bits per heavy atom. The molecule has 0 aliphatic carbocycles. The quantitative estimate of drug-likeness (QED) is 0.677. The molecule has 0 fully saturated rings. The first-order valence-corrected chi connectivity index (χ1v) is 9.24. The van der Waals surface area contributed by atoms with Crippen LogP contribution in [0.15, 0.2) is 60.7 Å². The third kappa shape index (κ3) is 2.84. The molecule has 0 saturated heterocycles. The fourth-order valence-corrected chi connectivity index (χ4v) is 4.30. The van der Waals surface area contributed by atoms with Crippen LogP contribution in [0.4, 0.5) is 0 Å². The van der Waals surface area contributed by atoms with Crippen molar-refractivity contribution in [1.82, 2.24) is 4.57 Å². The Labute approximate surface area is 153 Å². The number of benzene rings is 2. The Balaban J connectivity index is 2.01. The zero-order chi connectivity index (χ0) is 18.1. The first-order valence-electron chi connectivity index (χ1n) is 9.24. The van der Waals surface area contributed by atoms with Gasteiger partial charge in [0.25, 0.3) is 0 Å². The van der Waals surface area contributed by atoms with E-state index >= 15 is 0 Å². The molecule has 1 aromatic heterocycles. The van der Waals surface area contributed by atoms with E-state index in [0.29, 0.717) is 0 Å². The van der Waals surface area contributed by atoms with Crippen LogP contribution in [0.3, 0.4) is 0 Å². The molecule has 26 heavy (non-hydrogen) atoms. The zero-order valence-corrected chi connectivity index (χ0v) is 15.0. The smallest absolute Gasteiger partial charge is 0.303 e. The molecule has 4 rings (SSSR count). The molecule has 2 aromatic carbocycles. The summed E-state index contributed by atoms with van der Waals surface area (Å²) in [6, 6.07) is 20.9. The lowest BCUT2D eigenvalue weighted by Crippen LogP contribution is -2.05. The number of carbonyl (C=O) groups is 1. The third-order valence-corrected chi connectivity index (χ3v) is 5.29. The second kappa shape index (κ2) is 6.83. The Bertz CT molecular complexity index is 926. The molecule has 1 aliphatic rings. The predicted molar refractivity (Wildman–Crippen MR) is 104 cm³/mol. The number of fused-ring (bicyclic) bond motifs is 1. The molecule has 1 atom stereocenters. The number of hydrogen-bond acceptors (Lipinski definition) is 1. The maximum Gasteiger partial charge on any atom is 0.303 e. The number of carboxylic acids is 1. The summed E-state index contributed by atoms with van der Waals surface area (Å²) in [5.41, 5.74) is 7.34. The van der Waals surface area contributed by atoms with E-state index in [1.807, 2.05) is 19.1 Å². The van der Waals surface area contributed by atoms with E-state index in [1.165, 1.54) is 33.6 Å². The summed E-state index contributed by atoms with van der Waals surface area (Å²) in [5, 5.41) is 9.37. The lowest BCUT2D eigenvalue weighted by molar-refractivity contribution is -0.137. The first kappa shape index (κ1) is 16.6. The molecule has 0 bridgehead atoms. The lowest BCUT2D eigenvalue weighted by atomic mass is 9.88. The lowest BCUT2D eigenvalue weighted by Gasteiger charge is -2.15. The van der Waals surface area contributed by atoms with Gasteiger partial charge in [-0.25, -0.2) is 0 Å². The van der Waals surface area contributed by atoms with Crippen LogP contribution in [0, 0.1) is 0 Å². The van der Waals surface area contributed by atoms with Gasteiger partial charge in [0, 0.05) is 17.8 Å². The number of hydrogen-bond donors (Lipinski definition) is 1. The van der Waals surface area contributed by atoms with E-state index in [9.17, 15) is 9.90 Å². The van der Waals surface area contributed by atoms with Crippen molar-refractivity contribution in [2.75, 3.05) is 0 Å². The van der Waals surface area contributed by atoms with Gasteiger partial charge in [0.05, 0.1) is 12.1 Å². The molecule has 3 heteroatoms. The highest BCUT2D eigenvalue weighted by Crippen LogP contribution is 2.45. The van der Waals surface area contributed by atoms with E-state index < -0.39 is 5.97 Å². The molecule has 1 unspecified atom stereocenters. The average Bonchev–Trinajstić information content (AvgIpc) is 3.22. The fourth-order valence-electron chi connectivity index (χ4n) is 4.30. The minimum absolute atomic E-state index is 0.0143. The Hall–Kier alpha value is -2.81. The van der Waals surface area contributed by atoms with Gasteiger partial charge in [-0.3, -0.25) is 4.79 Å². The van der Waals surface area contributed by atoms with E-state index in [0.717, 1.165) is 19.4 Å². The second-order valence-corrected chi connectivity index (χ2v) is 7.07. The molecular weight excluding hydrogens is 322 g/mol. The van der Waals surface area contributed by atoms with Crippen LogP contribution in [0.5, 0.6) is 0 Å². The Morgan fingerprint density at radius 2 is 1.65 bits per heavy atom. The molecule has 1 N–H and O–H groups in total. The van der Waals surface area contributed by atoms with Gasteiger partial charge in [-0.05, 0) is 35.4 Å². The summed E-state index contributed by atoms with van der Waals surface area (Å²) >= 11 is 0. The highest BCUT2D eigenvalue weighted by Gasteiger charge is 2.30. The summed E-state index contributed by atoms with van der Waals surface area (Å²) in [4.78, 5) is 11.4. The topological polar surface area (TPSA) is 42.2 Å². The van der Waals surface area contributed by atoms with Gasteiger partial charge >= 0.3 is 5.97 Å². The second-order valence-electron chi connectivity index (χ2n) is 7.07. The van der Waals surface area contributed by atoms with Crippen molar-refractivity contribution in [1.29, 1.82) is 0 Å². The maximum atomic E-state index is 11.4. The van der Waals surface area contributed by atoms with E-state index in [-0.39, 0.29) is 12.3 Å². The first-order chi connectivity index (χ1) is 12.7. The number of rotatable bonds is 5. The summed E-state index contributed by atoms with van der Waals surface area (Å²) in [7, 11) is 0. The highest BCUT2D eigenvalue weighted by molar-refractivity contribution is 5.87. The molecular formula is C23H23NO2. The third-order valence-electron chi connectivity index (χ3n) is 5.29. The van der Waals surface area contributed by atoms with Gasteiger partial charge in [-0.2, -0.15) is 0 Å². The van der Waals surface area contributed by atoms with Crippen molar-refractivity contribution < 1.29 is 9.90 Å². The van der Waals surface area contributed by atoms with Gasteiger partial charge in [-0.1, -0.05) is 67.6 Å². The SMILES string of the molecule is CC(CC(=O)O)c1c(-c2ccccc2)c(-c2ccccc2)n2c1CCC2. The van der Waals surface area contributed by atoms with Gasteiger partial charge in [0.2, 0.25) is 0 Å². The monoisotopic (exact) mass is 345 g/mol. The van der Waals surface area contributed by atoms with Gasteiger partial charge in [-0.15, -0.1) is 0 Å². The fraction of sp³-hybridized carbons (Fsp3) is 0.261. The number of aliphatic carboxylic acids is 1. The van der Waals surface area contributed by atoms with Crippen LogP contribution in [0.2, 0.25) is 0 Å². The van der Waals surface area contributed by atoms with Crippen LogP contribution >= 0.6 is 0 Å². The molecule has 1 aliphatic heterocycles. The molecule has 0 spiro atoms. The van der Waals surface area contributed by atoms with Crippen molar-refractivity contribution in [3.8, 4) is 22.4 Å². The largest absolute Gasteiger partial charge is 0.481 e. The van der Waals surface area contributed by atoms with Crippen LogP contribution < -0.4 is 0 Å². The summed E-state index contributed by atoms with van der Waals surface area (Å²) in [6.45, 7) is 3.04. The summed E-state index contributed by atoms with van der Waals surface area (Å²) in [5.74, 6) is -0.754. The van der Waals surface area contributed by atoms with Crippen LogP contribution in [0.25, 0.3) is 22.4 Å². The average molecular weight is 345 g/mol. The standard InChI is InChI=1S/C23H23NO2/c1-16(15-20(25)26)21-19-13-8-14-24(19)23(18-11-6-3-7-12-18)22(21)17-9-4-2-5-10-17/h2-7,9-12,16H,8,13-15H2,1H3,(H,25,26). The van der Waals surface area contributed by atoms with Crippen molar-refractivity contribution in [2.45, 2.75) is 38.6 Å². The van der Waals surface area contributed by atoms with Gasteiger partial charge in [0.1, 0.15) is 0 Å². The van der Waals surface area contributed by atoms with Gasteiger partial charge in [0.15, 0.2) is 0 Å². The molecule has 3 aromatic rings. The molecule has 0 amide bonds. The number of carboxylic acid groups (broad SMARTS) is 1. The van der Waals surface area contributed by atoms with E-state index in [2.05, 4.69) is 53.1 Å². The van der Waals surface area contributed by atoms with Crippen molar-refractivity contribution in [3.05, 3.63) is 71.9 Å².